The number of nitrogens with zero attached hydrogens (tertiary/aromatic N) is 6. The van der Waals surface area contributed by atoms with E-state index in [9.17, 15) is 14.7 Å². The summed E-state index contributed by atoms with van der Waals surface area (Å²) in [5.74, 6) is 0.650. The second kappa shape index (κ2) is 12.9. The van der Waals surface area contributed by atoms with Crippen molar-refractivity contribution < 1.29 is 24.2 Å². The molecule has 0 spiro atoms. The number of hydrogen-bond donors (Lipinski definition) is 3. The lowest BCUT2D eigenvalue weighted by Gasteiger charge is -2.36. The summed E-state index contributed by atoms with van der Waals surface area (Å²) in [5.41, 5.74) is 8.73. The van der Waals surface area contributed by atoms with Gasteiger partial charge < -0.3 is 24.8 Å². The fourth-order valence-electron chi connectivity index (χ4n) is 7.33. The third-order valence-corrected chi connectivity index (χ3v) is 10.2. The Hall–Kier alpha value is -5.17. The molecule has 8 rings (SSSR count). The number of aliphatic hydroxyl groups excluding tert-OH is 1. The van der Waals surface area contributed by atoms with Crippen molar-refractivity contribution in [2.24, 2.45) is 5.92 Å². The Morgan fingerprint density at radius 1 is 0.960 bits per heavy atom. The average molecular weight is 674 g/mol. The van der Waals surface area contributed by atoms with Crippen LogP contribution in [0, 0.1) is 19.8 Å². The predicted molar refractivity (Wildman–Crippen MR) is 187 cm³/mol. The van der Waals surface area contributed by atoms with Crippen molar-refractivity contribution >= 4 is 34.3 Å². The number of nitrogens with one attached hydrogen (secondary N) is 1. The molecule has 50 heavy (non-hydrogen) atoms. The van der Waals surface area contributed by atoms with Crippen molar-refractivity contribution in [1.82, 2.24) is 29.7 Å². The van der Waals surface area contributed by atoms with E-state index in [2.05, 4.69) is 47.2 Å². The van der Waals surface area contributed by atoms with Crippen molar-refractivity contribution in [1.29, 1.82) is 0 Å². The zero-order valence-electron chi connectivity index (χ0n) is 28.1. The van der Waals surface area contributed by atoms with Crippen molar-refractivity contribution in [3.63, 3.8) is 0 Å². The van der Waals surface area contributed by atoms with Crippen LogP contribution in [0.1, 0.15) is 34.6 Å². The molecule has 5 aromatic rings. The summed E-state index contributed by atoms with van der Waals surface area (Å²) < 4.78 is 6.24. The molecule has 6 heterocycles. The largest absolute Gasteiger partial charge is 0.481 e. The Morgan fingerprint density at radius 2 is 1.74 bits per heavy atom. The molecule has 0 bridgehead atoms. The van der Waals surface area contributed by atoms with Gasteiger partial charge in [0, 0.05) is 61.8 Å². The maximum Gasteiger partial charge on any atom is 0.309 e. The number of hydrogen-bond acceptors (Lipinski definition) is 10. The number of carboxylic acid groups (broad SMARTS) is 1. The second-order valence-electron chi connectivity index (χ2n) is 13.7. The number of benzene rings is 2. The standard InChI is InChI=1S/C38H39N7O5/c1-22-28(5-3-7-30(22)37-42-32-19-45(20-33(32)50-37)34(47)21-44-16-26(17-44)38(48)49)29-6-4-8-31(23(29)2)41-36-35-25(9-11-39-36)13-24(14-40-35)15-43-12-10-27(46)18-43/h3-9,11,13-14,26-27,46H,10,12,15-21H2,1-2H3,(H,39,41)(H,48,49). The number of oxazole rings is 1. The third-order valence-electron chi connectivity index (χ3n) is 10.2. The summed E-state index contributed by atoms with van der Waals surface area (Å²) in [6, 6.07) is 16.4. The van der Waals surface area contributed by atoms with E-state index in [-0.39, 0.29) is 18.6 Å². The van der Waals surface area contributed by atoms with Gasteiger partial charge in [-0.2, -0.15) is 0 Å². The number of amides is 1. The Labute approximate surface area is 289 Å². The molecular weight excluding hydrogens is 634 g/mol. The molecule has 2 aromatic carbocycles. The molecule has 1 unspecified atom stereocenters. The molecule has 3 aromatic heterocycles. The van der Waals surface area contributed by atoms with Gasteiger partial charge in [-0.25, -0.2) is 9.97 Å². The molecule has 3 aliphatic heterocycles. The maximum atomic E-state index is 12.9. The minimum absolute atomic E-state index is 0.0518. The number of β-amino-alcohol motifs (C(OH)–C–C–N with tert-alkyl or cyclic N) is 1. The van der Waals surface area contributed by atoms with Crippen LogP contribution >= 0.6 is 0 Å². The van der Waals surface area contributed by atoms with Crippen molar-refractivity contribution in [2.75, 3.05) is 38.0 Å². The summed E-state index contributed by atoms with van der Waals surface area (Å²) in [6.07, 6.45) is 4.26. The zero-order chi connectivity index (χ0) is 34.5. The highest BCUT2D eigenvalue weighted by Crippen LogP contribution is 2.38. The van der Waals surface area contributed by atoms with Gasteiger partial charge in [-0.05, 0) is 72.4 Å². The summed E-state index contributed by atoms with van der Waals surface area (Å²) >= 11 is 0. The van der Waals surface area contributed by atoms with Gasteiger partial charge in [-0.3, -0.25) is 24.4 Å². The Morgan fingerprint density at radius 3 is 2.50 bits per heavy atom. The maximum absolute atomic E-state index is 12.9. The van der Waals surface area contributed by atoms with Gasteiger partial charge in [0.1, 0.15) is 17.0 Å². The van der Waals surface area contributed by atoms with Gasteiger partial charge in [0.2, 0.25) is 11.8 Å². The van der Waals surface area contributed by atoms with Crippen LogP contribution in [0.5, 0.6) is 0 Å². The number of likely N-dealkylation sites (tertiary alicyclic amines) is 2. The number of carboxylic acids is 1. The highest BCUT2D eigenvalue weighted by Gasteiger charge is 2.36. The van der Waals surface area contributed by atoms with Gasteiger partial charge in [-0.15, -0.1) is 0 Å². The van der Waals surface area contributed by atoms with Crippen LogP contribution in [-0.4, -0.2) is 90.6 Å². The fourth-order valence-corrected chi connectivity index (χ4v) is 7.33. The van der Waals surface area contributed by atoms with E-state index in [0.717, 1.165) is 75.2 Å². The van der Waals surface area contributed by atoms with Crippen LogP contribution in [0.3, 0.4) is 0 Å². The Bertz CT molecular complexity index is 2100. The van der Waals surface area contributed by atoms with Crippen molar-refractivity contribution in [2.45, 2.75) is 46.0 Å². The molecule has 12 heteroatoms. The van der Waals surface area contributed by atoms with E-state index in [4.69, 9.17) is 19.5 Å². The number of aliphatic hydroxyl groups is 1. The molecule has 3 N–H and O–H groups in total. The van der Waals surface area contributed by atoms with Gasteiger partial charge in [0.05, 0.1) is 31.7 Å². The molecule has 2 saturated heterocycles. The van der Waals surface area contributed by atoms with Crippen LogP contribution < -0.4 is 5.32 Å². The number of aliphatic carboxylic acids is 1. The summed E-state index contributed by atoms with van der Waals surface area (Å²) in [5, 5.41) is 23.6. The number of aromatic nitrogens is 3. The number of anilines is 2. The molecule has 3 aliphatic rings. The zero-order valence-corrected chi connectivity index (χ0v) is 28.1. The van der Waals surface area contributed by atoms with E-state index in [0.29, 0.717) is 50.2 Å². The van der Waals surface area contributed by atoms with Gasteiger partial charge in [-0.1, -0.05) is 24.3 Å². The van der Waals surface area contributed by atoms with Gasteiger partial charge in [0.15, 0.2) is 5.82 Å². The molecule has 2 fully saturated rings. The molecule has 0 aliphatic carbocycles. The van der Waals surface area contributed by atoms with Crippen LogP contribution in [-0.2, 0) is 29.2 Å². The van der Waals surface area contributed by atoms with E-state index in [1.54, 1.807) is 11.1 Å². The molecule has 1 atom stereocenters. The molecule has 0 radical (unpaired) electrons. The minimum Gasteiger partial charge on any atom is -0.481 e. The summed E-state index contributed by atoms with van der Waals surface area (Å²) in [7, 11) is 0. The summed E-state index contributed by atoms with van der Waals surface area (Å²) in [4.78, 5) is 44.0. The van der Waals surface area contributed by atoms with E-state index in [1.165, 1.54) is 0 Å². The van der Waals surface area contributed by atoms with Gasteiger partial charge >= 0.3 is 5.97 Å². The first-order valence-corrected chi connectivity index (χ1v) is 17.0. The lowest BCUT2D eigenvalue weighted by Crippen LogP contribution is -2.53. The fraction of sp³-hybridized carbons (Fsp3) is 0.342. The topological polar surface area (TPSA) is 148 Å². The number of carbonyl (C=O) groups is 2. The molecule has 0 saturated carbocycles. The second-order valence-corrected chi connectivity index (χ2v) is 13.7. The molecular formula is C38H39N7O5. The first kappa shape index (κ1) is 32.1. The number of fused-ring (bicyclic) bond motifs is 2. The molecule has 256 valence electrons. The average Bonchev–Trinajstić information content (AvgIpc) is 3.79. The first-order chi connectivity index (χ1) is 24.2. The minimum atomic E-state index is -0.814. The molecule has 1 amide bonds. The van der Waals surface area contributed by atoms with E-state index in [1.807, 2.05) is 41.4 Å². The lowest BCUT2D eigenvalue weighted by atomic mass is 9.93. The van der Waals surface area contributed by atoms with Crippen molar-refractivity contribution in [3.8, 4) is 22.6 Å². The lowest BCUT2D eigenvalue weighted by molar-refractivity contribution is -0.150. The smallest absolute Gasteiger partial charge is 0.309 e. The van der Waals surface area contributed by atoms with Crippen LogP contribution in [0.15, 0.2) is 65.3 Å². The SMILES string of the molecule is Cc1c(Nc2nccc3cc(CN4CCC(O)C4)cnc23)cccc1-c1cccc(-c2nc3c(o2)CN(C(=O)CN2CC(C(=O)O)C2)C3)c1C. The van der Waals surface area contributed by atoms with Crippen molar-refractivity contribution in [3.05, 3.63) is 89.1 Å². The Balaban J connectivity index is 0.986. The summed E-state index contributed by atoms with van der Waals surface area (Å²) in [6.45, 7) is 8.25. The third kappa shape index (κ3) is 6.10. The quantitative estimate of drug-likeness (QED) is 0.199. The monoisotopic (exact) mass is 673 g/mol. The van der Waals surface area contributed by atoms with Crippen LogP contribution in [0.4, 0.5) is 11.5 Å². The number of pyridine rings is 2. The number of carbonyl (C=O) groups excluding carboxylic acids is 1. The van der Waals surface area contributed by atoms with E-state index >= 15 is 0 Å². The highest BCUT2D eigenvalue weighted by molar-refractivity contribution is 5.91. The predicted octanol–water partition coefficient (Wildman–Crippen LogP) is 4.74. The van der Waals surface area contributed by atoms with Crippen LogP contribution in [0.25, 0.3) is 33.5 Å². The normalized spacial score (nSPS) is 18.1. The highest BCUT2D eigenvalue weighted by atomic mass is 16.4. The first-order valence-electron chi connectivity index (χ1n) is 17.0. The number of rotatable bonds is 9. The van der Waals surface area contributed by atoms with Crippen LogP contribution in [0.2, 0.25) is 0 Å². The molecule has 12 nitrogen and oxygen atoms in total. The van der Waals surface area contributed by atoms with E-state index < -0.39 is 11.9 Å². The van der Waals surface area contributed by atoms with Gasteiger partial charge in [0.25, 0.3) is 0 Å². The Kier molecular flexibility index (Phi) is 8.30.